The highest BCUT2D eigenvalue weighted by atomic mass is 16.5. The Kier molecular flexibility index (Phi) is 9.29. The number of benzene rings is 3. The van der Waals surface area contributed by atoms with E-state index in [0.717, 1.165) is 28.1 Å². The van der Waals surface area contributed by atoms with Crippen molar-refractivity contribution in [1.82, 2.24) is 4.98 Å². The predicted octanol–water partition coefficient (Wildman–Crippen LogP) is 6.82. The van der Waals surface area contributed by atoms with Crippen LogP contribution in [0.5, 0.6) is 17.2 Å². The number of Topliss-reactive ketones (excluding diaryl/α,β-unsaturated/α-hetero) is 1. The van der Waals surface area contributed by atoms with Gasteiger partial charge >= 0.3 is 0 Å². The molecule has 0 bridgehead atoms. The third-order valence-electron chi connectivity index (χ3n) is 6.01. The normalized spacial score (nSPS) is 10.5. The number of aromatic nitrogens is 1. The lowest BCUT2D eigenvalue weighted by Gasteiger charge is -2.12. The van der Waals surface area contributed by atoms with E-state index in [1.807, 2.05) is 80.6 Å². The first-order valence-corrected chi connectivity index (χ1v) is 12.9. The fourth-order valence-electron chi connectivity index (χ4n) is 4.12. The molecular weight excluding hydrogens is 492 g/mol. The molecule has 1 heterocycles. The molecule has 0 radical (unpaired) electrons. The summed E-state index contributed by atoms with van der Waals surface area (Å²) in [6, 6.07) is 26.3. The van der Waals surface area contributed by atoms with Gasteiger partial charge in [0.15, 0.2) is 17.3 Å². The summed E-state index contributed by atoms with van der Waals surface area (Å²) in [5, 5.41) is 2.88. The molecule has 0 aliphatic rings. The molecule has 4 rings (SSSR count). The number of carbonyl (C=O) groups is 2. The maximum atomic E-state index is 12.9. The van der Waals surface area contributed by atoms with Gasteiger partial charge in [-0.25, -0.2) is 4.98 Å². The zero-order chi connectivity index (χ0) is 27.6. The van der Waals surface area contributed by atoms with Crippen molar-refractivity contribution in [2.75, 3.05) is 25.6 Å². The number of methoxy groups -OCH3 is 1. The van der Waals surface area contributed by atoms with Gasteiger partial charge in [-0.1, -0.05) is 42.5 Å². The molecule has 0 aliphatic heterocycles. The molecule has 0 atom stereocenters. The summed E-state index contributed by atoms with van der Waals surface area (Å²) in [5.41, 5.74) is 3.93. The number of anilines is 1. The van der Waals surface area contributed by atoms with E-state index in [-0.39, 0.29) is 24.5 Å². The monoisotopic (exact) mass is 524 g/mol. The van der Waals surface area contributed by atoms with E-state index in [4.69, 9.17) is 14.2 Å². The molecule has 3 aromatic carbocycles. The Hall–Kier alpha value is -4.65. The van der Waals surface area contributed by atoms with Crippen molar-refractivity contribution in [2.45, 2.75) is 26.7 Å². The number of nitrogens with zero attached hydrogens (tertiary/aromatic N) is 1. The average Bonchev–Trinajstić information content (AvgIpc) is 2.97. The molecule has 1 aromatic heterocycles. The van der Waals surface area contributed by atoms with Crippen molar-refractivity contribution in [1.29, 1.82) is 0 Å². The first-order valence-electron chi connectivity index (χ1n) is 12.9. The van der Waals surface area contributed by atoms with Crippen molar-refractivity contribution in [3.63, 3.8) is 0 Å². The van der Waals surface area contributed by atoms with Crippen LogP contribution < -0.4 is 19.5 Å². The Labute approximate surface area is 228 Å². The number of nitrogens with one attached hydrogen (secondary N) is 1. The van der Waals surface area contributed by atoms with E-state index >= 15 is 0 Å². The summed E-state index contributed by atoms with van der Waals surface area (Å²) in [6.07, 6.45) is 0.0637. The lowest BCUT2D eigenvalue weighted by atomic mass is 10.0. The molecule has 1 N–H and O–H groups in total. The molecular formula is C32H32N2O5. The van der Waals surface area contributed by atoms with Crippen molar-refractivity contribution in [3.8, 4) is 39.6 Å². The molecule has 0 aliphatic carbocycles. The van der Waals surface area contributed by atoms with E-state index in [1.165, 1.54) is 0 Å². The van der Waals surface area contributed by atoms with Gasteiger partial charge in [0.2, 0.25) is 5.91 Å². The maximum Gasteiger partial charge on any atom is 0.225 e. The van der Waals surface area contributed by atoms with Gasteiger partial charge in [-0.2, -0.15) is 0 Å². The lowest BCUT2D eigenvalue weighted by Crippen LogP contribution is -2.15. The van der Waals surface area contributed by atoms with Crippen LogP contribution in [0, 0.1) is 0 Å². The van der Waals surface area contributed by atoms with Crippen LogP contribution in [-0.4, -0.2) is 37.0 Å². The Bertz CT molecular complexity index is 1440. The number of pyridine rings is 1. The number of hydrogen-bond acceptors (Lipinski definition) is 6. The molecule has 4 aromatic rings. The van der Waals surface area contributed by atoms with Gasteiger partial charge in [-0.05, 0) is 67.4 Å². The number of amides is 1. The Morgan fingerprint density at radius 2 is 1.49 bits per heavy atom. The minimum atomic E-state index is -0.298. The van der Waals surface area contributed by atoms with Crippen LogP contribution in [0.2, 0.25) is 0 Å². The summed E-state index contributed by atoms with van der Waals surface area (Å²) in [5.74, 6) is 1.79. The van der Waals surface area contributed by atoms with E-state index in [1.54, 1.807) is 25.3 Å². The van der Waals surface area contributed by atoms with Gasteiger partial charge in [0, 0.05) is 24.0 Å². The number of ether oxygens (including phenoxy) is 3. The third-order valence-corrected chi connectivity index (χ3v) is 6.01. The van der Waals surface area contributed by atoms with Crippen molar-refractivity contribution >= 4 is 17.5 Å². The van der Waals surface area contributed by atoms with Gasteiger partial charge in [-0.15, -0.1) is 0 Å². The second-order valence-corrected chi connectivity index (χ2v) is 8.72. The third kappa shape index (κ3) is 7.23. The summed E-state index contributed by atoms with van der Waals surface area (Å²) in [6.45, 7) is 4.70. The summed E-state index contributed by atoms with van der Waals surface area (Å²) in [7, 11) is 1.62. The minimum Gasteiger partial charge on any atom is -0.497 e. The van der Waals surface area contributed by atoms with Crippen molar-refractivity contribution in [3.05, 3.63) is 90.5 Å². The molecule has 7 heteroatoms. The number of carbonyl (C=O) groups excluding carboxylic acids is 2. The zero-order valence-electron chi connectivity index (χ0n) is 22.4. The molecule has 200 valence electrons. The quantitative estimate of drug-likeness (QED) is 0.205. The van der Waals surface area contributed by atoms with E-state index in [9.17, 15) is 9.59 Å². The Balaban J connectivity index is 1.51. The largest absolute Gasteiger partial charge is 0.497 e. The summed E-state index contributed by atoms with van der Waals surface area (Å²) >= 11 is 0. The zero-order valence-corrected chi connectivity index (χ0v) is 22.4. The van der Waals surface area contributed by atoms with Crippen LogP contribution in [0.3, 0.4) is 0 Å². The number of rotatable bonds is 12. The highest BCUT2D eigenvalue weighted by Gasteiger charge is 2.15. The topological polar surface area (TPSA) is 86.8 Å². The lowest BCUT2D eigenvalue weighted by molar-refractivity contribution is -0.116. The molecule has 1 amide bonds. The number of ketones is 1. The van der Waals surface area contributed by atoms with Crippen molar-refractivity contribution < 1.29 is 23.8 Å². The van der Waals surface area contributed by atoms with Crippen molar-refractivity contribution in [2.24, 2.45) is 0 Å². The number of hydrogen-bond donors (Lipinski definition) is 1. The van der Waals surface area contributed by atoms with Gasteiger partial charge in [0.25, 0.3) is 0 Å². The fourth-order valence-corrected chi connectivity index (χ4v) is 4.12. The van der Waals surface area contributed by atoms with Crippen LogP contribution in [0.1, 0.15) is 37.0 Å². The van der Waals surface area contributed by atoms with Gasteiger partial charge in [0.05, 0.1) is 26.0 Å². The molecule has 0 unspecified atom stereocenters. The van der Waals surface area contributed by atoms with Gasteiger partial charge in [0.1, 0.15) is 11.6 Å². The molecule has 0 fully saturated rings. The first-order chi connectivity index (χ1) is 19.0. The maximum absolute atomic E-state index is 12.9. The first kappa shape index (κ1) is 27.4. The average molecular weight is 525 g/mol. The Morgan fingerprint density at radius 1 is 0.744 bits per heavy atom. The standard InChI is InChI=1S/C32H32N2O5/c1-4-38-29-16-14-24(20-30(29)39-5-2)28(35)15-17-32(36)34-31-21-25(23-12-9-13-26(18-23)37-3)19-27(33-31)22-10-7-6-8-11-22/h6-14,16,18-21H,4-5,15,17H2,1-3H3,(H,33,34,36). The fraction of sp³-hybridized carbons (Fsp3) is 0.219. The van der Waals surface area contributed by atoms with E-state index in [2.05, 4.69) is 10.3 Å². The highest BCUT2D eigenvalue weighted by Crippen LogP contribution is 2.31. The van der Waals surface area contributed by atoms with E-state index < -0.39 is 0 Å². The summed E-state index contributed by atoms with van der Waals surface area (Å²) < 4.78 is 16.6. The summed E-state index contributed by atoms with van der Waals surface area (Å²) in [4.78, 5) is 30.4. The molecule has 0 spiro atoms. The van der Waals surface area contributed by atoms with Crippen LogP contribution in [0.25, 0.3) is 22.4 Å². The van der Waals surface area contributed by atoms with Crippen LogP contribution in [0.15, 0.2) is 84.9 Å². The van der Waals surface area contributed by atoms with Gasteiger partial charge in [-0.3, -0.25) is 9.59 Å². The molecule has 7 nitrogen and oxygen atoms in total. The van der Waals surface area contributed by atoms with Crippen LogP contribution in [0.4, 0.5) is 5.82 Å². The molecule has 39 heavy (non-hydrogen) atoms. The van der Waals surface area contributed by atoms with Crippen LogP contribution in [-0.2, 0) is 4.79 Å². The van der Waals surface area contributed by atoms with Crippen LogP contribution >= 0.6 is 0 Å². The van der Waals surface area contributed by atoms with Gasteiger partial charge < -0.3 is 19.5 Å². The highest BCUT2D eigenvalue weighted by molar-refractivity contribution is 6.00. The second-order valence-electron chi connectivity index (χ2n) is 8.72. The van der Waals surface area contributed by atoms with E-state index in [0.29, 0.717) is 36.1 Å². The molecule has 0 saturated carbocycles. The Morgan fingerprint density at radius 3 is 2.23 bits per heavy atom. The predicted molar refractivity (Wildman–Crippen MR) is 153 cm³/mol. The second kappa shape index (κ2) is 13.2. The minimum absolute atomic E-state index is 0.0156. The smallest absolute Gasteiger partial charge is 0.225 e. The molecule has 0 saturated heterocycles. The SMILES string of the molecule is CCOc1ccc(C(=O)CCC(=O)Nc2cc(-c3cccc(OC)c3)cc(-c3ccccc3)n2)cc1OCC.